The minimum Gasteiger partial charge on any atom is -0.494 e. The van der Waals surface area contributed by atoms with Crippen molar-refractivity contribution in [3.63, 3.8) is 0 Å². The number of hydrogen-bond acceptors (Lipinski definition) is 4. The Kier molecular flexibility index (Phi) is 8.21. The van der Waals surface area contributed by atoms with Gasteiger partial charge in [0, 0.05) is 18.2 Å². The van der Waals surface area contributed by atoms with Crippen LogP contribution >= 0.6 is 11.3 Å². The molecule has 0 unspecified atom stereocenters. The van der Waals surface area contributed by atoms with Gasteiger partial charge < -0.3 is 14.8 Å². The minimum absolute atomic E-state index is 0.00631. The number of fused-ring (bicyclic) bond motifs is 1. The van der Waals surface area contributed by atoms with Gasteiger partial charge in [-0.3, -0.25) is 4.79 Å². The molecule has 0 spiro atoms. The van der Waals surface area contributed by atoms with Gasteiger partial charge in [-0.25, -0.2) is 0 Å². The summed E-state index contributed by atoms with van der Waals surface area (Å²) in [6.45, 7) is 5.66. The molecule has 5 heteroatoms. The SMILES string of the molecule is CC(=O)NCCc1csc2ccc(OCCCCOc3ccc(-c4ccccc4C)cc3)cc12. The highest BCUT2D eigenvalue weighted by atomic mass is 32.1. The van der Waals surface area contributed by atoms with Gasteiger partial charge >= 0.3 is 0 Å². The quantitative estimate of drug-likeness (QED) is 0.244. The summed E-state index contributed by atoms with van der Waals surface area (Å²) < 4.78 is 13.1. The van der Waals surface area contributed by atoms with Crippen molar-refractivity contribution in [2.45, 2.75) is 33.1 Å². The number of hydrogen-bond donors (Lipinski definition) is 1. The Morgan fingerprint density at radius 1 is 0.912 bits per heavy atom. The molecule has 1 N–H and O–H groups in total. The highest BCUT2D eigenvalue weighted by Crippen LogP contribution is 2.30. The molecule has 176 valence electrons. The summed E-state index contributed by atoms with van der Waals surface area (Å²) in [5.41, 5.74) is 4.99. The van der Waals surface area contributed by atoms with Crippen LogP contribution in [0.4, 0.5) is 0 Å². The van der Waals surface area contributed by atoms with E-state index < -0.39 is 0 Å². The fourth-order valence-corrected chi connectivity index (χ4v) is 4.91. The van der Waals surface area contributed by atoms with Crippen LogP contribution in [0.3, 0.4) is 0 Å². The van der Waals surface area contributed by atoms with Crippen molar-refractivity contribution in [1.82, 2.24) is 5.32 Å². The van der Waals surface area contributed by atoms with Crippen molar-refractivity contribution in [2.24, 2.45) is 0 Å². The Labute approximate surface area is 205 Å². The van der Waals surface area contributed by atoms with Gasteiger partial charge in [0.1, 0.15) is 11.5 Å². The monoisotopic (exact) mass is 473 g/mol. The zero-order chi connectivity index (χ0) is 23.8. The summed E-state index contributed by atoms with van der Waals surface area (Å²) >= 11 is 1.73. The number of unbranched alkanes of at least 4 members (excludes halogenated alkanes) is 1. The number of thiophene rings is 1. The van der Waals surface area contributed by atoms with Crippen molar-refractivity contribution < 1.29 is 14.3 Å². The number of carbonyl (C=O) groups excluding carboxylic acids is 1. The summed E-state index contributed by atoms with van der Waals surface area (Å²) in [6.07, 6.45) is 2.69. The molecule has 0 aliphatic rings. The average Bonchev–Trinajstić information content (AvgIpc) is 3.24. The fourth-order valence-electron chi connectivity index (χ4n) is 3.93. The maximum absolute atomic E-state index is 11.1. The standard InChI is InChI=1S/C29H31NO3S/c1-21-7-3-4-8-27(21)23-9-11-25(12-10-23)32-17-5-6-18-33-26-13-14-29-28(19-26)24(20-34-29)15-16-30-22(2)31/h3-4,7-14,19-20H,5-6,15-18H2,1-2H3,(H,30,31). The van der Waals surface area contributed by atoms with Crippen LogP contribution in [0.5, 0.6) is 11.5 Å². The van der Waals surface area contributed by atoms with Gasteiger partial charge in [-0.1, -0.05) is 36.4 Å². The smallest absolute Gasteiger partial charge is 0.216 e. The summed E-state index contributed by atoms with van der Waals surface area (Å²) in [5.74, 6) is 1.79. The first-order chi connectivity index (χ1) is 16.6. The van der Waals surface area contributed by atoms with E-state index in [1.54, 1.807) is 18.3 Å². The molecule has 0 bridgehead atoms. The van der Waals surface area contributed by atoms with Gasteiger partial charge in [-0.05, 0) is 89.5 Å². The zero-order valence-electron chi connectivity index (χ0n) is 19.8. The third kappa shape index (κ3) is 6.39. The van der Waals surface area contributed by atoms with E-state index in [-0.39, 0.29) is 5.91 Å². The molecular formula is C29H31NO3S. The van der Waals surface area contributed by atoms with E-state index in [4.69, 9.17) is 9.47 Å². The van der Waals surface area contributed by atoms with Crippen LogP contribution in [0.15, 0.2) is 72.1 Å². The average molecular weight is 474 g/mol. The van der Waals surface area contributed by atoms with E-state index in [0.29, 0.717) is 19.8 Å². The highest BCUT2D eigenvalue weighted by molar-refractivity contribution is 7.17. The van der Waals surface area contributed by atoms with Crippen LogP contribution in [0, 0.1) is 6.92 Å². The van der Waals surface area contributed by atoms with Crippen molar-refractivity contribution in [1.29, 1.82) is 0 Å². The Hall–Kier alpha value is -3.31. The molecule has 1 heterocycles. The molecule has 0 radical (unpaired) electrons. The topological polar surface area (TPSA) is 47.6 Å². The van der Waals surface area contributed by atoms with E-state index in [1.165, 1.54) is 32.3 Å². The van der Waals surface area contributed by atoms with Crippen molar-refractivity contribution in [3.05, 3.63) is 83.2 Å². The van der Waals surface area contributed by atoms with E-state index in [2.05, 4.69) is 66.2 Å². The van der Waals surface area contributed by atoms with Crippen molar-refractivity contribution >= 4 is 27.3 Å². The predicted octanol–water partition coefficient (Wildman–Crippen LogP) is 6.79. The van der Waals surface area contributed by atoms with Gasteiger partial charge in [0.25, 0.3) is 0 Å². The van der Waals surface area contributed by atoms with E-state index in [0.717, 1.165) is 30.8 Å². The Morgan fingerprint density at radius 3 is 2.35 bits per heavy atom. The first-order valence-electron chi connectivity index (χ1n) is 11.8. The van der Waals surface area contributed by atoms with E-state index in [9.17, 15) is 4.79 Å². The second kappa shape index (κ2) is 11.7. The van der Waals surface area contributed by atoms with E-state index in [1.807, 2.05) is 18.2 Å². The molecule has 4 aromatic rings. The molecule has 1 amide bonds. The summed E-state index contributed by atoms with van der Waals surface area (Å²) in [6, 6.07) is 23.0. The van der Waals surface area contributed by atoms with Crippen LogP contribution in [-0.4, -0.2) is 25.7 Å². The molecule has 0 fully saturated rings. The van der Waals surface area contributed by atoms with Gasteiger partial charge in [0.05, 0.1) is 13.2 Å². The molecule has 3 aromatic carbocycles. The van der Waals surface area contributed by atoms with Crippen molar-refractivity contribution in [2.75, 3.05) is 19.8 Å². The predicted molar refractivity (Wildman–Crippen MR) is 141 cm³/mol. The maximum Gasteiger partial charge on any atom is 0.216 e. The summed E-state index contributed by atoms with van der Waals surface area (Å²) in [7, 11) is 0. The second-order valence-corrected chi connectivity index (χ2v) is 9.31. The number of rotatable bonds is 11. The van der Waals surface area contributed by atoms with Crippen LogP contribution in [0.1, 0.15) is 30.9 Å². The van der Waals surface area contributed by atoms with Gasteiger partial charge in [0.2, 0.25) is 5.91 Å². The number of aryl methyl sites for hydroxylation is 1. The van der Waals surface area contributed by atoms with Crippen LogP contribution in [-0.2, 0) is 11.2 Å². The molecule has 4 rings (SSSR count). The number of ether oxygens (including phenoxy) is 2. The Bertz CT molecular complexity index is 1230. The van der Waals surface area contributed by atoms with E-state index >= 15 is 0 Å². The van der Waals surface area contributed by atoms with Crippen molar-refractivity contribution in [3.8, 4) is 22.6 Å². The summed E-state index contributed by atoms with van der Waals surface area (Å²) in [5, 5.41) is 6.24. The van der Waals surface area contributed by atoms with Crippen LogP contribution in [0.25, 0.3) is 21.2 Å². The van der Waals surface area contributed by atoms with Gasteiger partial charge in [-0.2, -0.15) is 0 Å². The fraction of sp³-hybridized carbons (Fsp3) is 0.276. The number of carbonyl (C=O) groups is 1. The number of benzene rings is 3. The lowest BCUT2D eigenvalue weighted by Crippen LogP contribution is -2.22. The lowest BCUT2D eigenvalue weighted by Gasteiger charge is -2.10. The minimum atomic E-state index is 0.00631. The Morgan fingerprint density at radius 2 is 1.62 bits per heavy atom. The summed E-state index contributed by atoms with van der Waals surface area (Å²) in [4.78, 5) is 11.1. The molecular weight excluding hydrogens is 442 g/mol. The maximum atomic E-state index is 11.1. The van der Waals surface area contributed by atoms with Crippen LogP contribution in [0.2, 0.25) is 0 Å². The normalized spacial score (nSPS) is 10.9. The van der Waals surface area contributed by atoms with Gasteiger partial charge in [-0.15, -0.1) is 11.3 Å². The molecule has 4 nitrogen and oxygen atoms in total. The molecule has 0 saturated heterocycles. The third-order valence-electron chi connectivity index (χ3n) is 5.78. The molecule has 1 aromatic heterocycles. The third-order valence-corrected chi connectivity index (χ3v) is 6.79. The number of nitrogens with one attached hydrogen (secondary N) is 1. The lowest BCUT2D eigenvalue weighted by atomic mass is 10.0. The molecule has 0 saturated carbocycles. The van der Waals surface area contributed by atoms with Gasteiger partial charge in [0.15, 0.2) is 0 Å². The molecule has 34 heavy (non-hydrogen) atoms. The first-order valence-corrected chi connectivity index (χ1v) is 12.6. The zero-order valence-corrected chi connectivity index (χ0v) is 20.6. The first kappa shape index (κ1) is 23.8. The molecule has 0 aliphatic heterocycles. The molecule has 0 atom stereocenters. The second-order valence-electron chi connectivity index (χ2n) is 8.40. The lowest BCUT2D eigenvalue weighted by molar-refractivity contribution is -0.118. The number of amides is 1. The largest absolute Gasteiger partial charge is 0.494 e. The molecule has 0 aliphatic carbocycles. The van der Waals surface area contributed by atoms with Crippen LogP contribution < -0.4 is 14.8 Å². The Balaban J connectivity index is 1.20. The highest BCUT2D eigenvalue weighted by Gasteiger charge is 2.07.